The molecule has 0 amide bonds. The van der Waals surface area contributed by atoms with Crippen molar-refractivity contribution in [1.29, 1.82) is 0 Å². The normalized spacial score (nSPS) is 11.8. The largest absolute Gasteiger partial charge is 0.373 e. The summed E-state index contributed by atoms with van der Waals surface area (Å²) in [4.78, 5) is 0. The zero-order valence-electron chi connectivity index (χ0n) is 6.22. The first-order valence-corrected chi connectivity index (χ1v) is 3.85. The lowest BCUT2D eigenvalue weighted by molar-refractivity contribution is 0.194. The number of ether oxygens (including phenoxy) is 1. The minimum atomic E-state index is 0.562. The fraction of sp³-hybridized carbons (Fsp3) is 0.500. The van der Waals surface area contributed by atoms with Crippen LogP contribution in [0.5, 0.6) is 0 Å². The number of hydrogen-bond donors (Lipinski definition) is 0. The number of hydrogen-bond acceptors (Lipinski definition) is 1. The molecule has 58 valence electrons. The van der Waals surface area contributed by atoms with Crippen molar-refractivity contribution in [2.24, 2.45) is 0 Å². The first-order valence-electron chi connectivity index (χ1n) is 3.31. The molecule has 0 aliphatic carbocycles. The molecular formula is C8H13ClO. The molecule has 0 aliphatic heterocycles. The highest BCUT2D eigenvalue weighted by Crippen LogP contribution is 1.81. The van der Waals surface area contributed by atoms with Crippen molar-refractivity contribution in [3.05, 3.63) is 24.3 Å². The van der Waals surface area contributed by atoms with Crippen LogP contribution in [0.4, 0.5) is 0 Å². The second-order valence-corrected chi connectivity index (χ2v) is 2.04. The predicted octanol–water partition coefficient (Wildman–Crippen LogP) is 2.37. The van der Waals surface area contributed by atoms with Gasteiger partial charge in [0.2, 0.25) is 0 Å². The molecule has 1 nitrogen and oxygen atoms in total. The summed E-state index contributed by atoms with van der Waals surface area (Å²) >= 11 is 5.39. The summed E-state index contributed by atoms with van der Waals surface area (Å²) in [6, 6.07) is 0. The van der Waals surface area contributed by atoms with Gasteiger partial charge >= 0.3 is 0 Å². The molecule has 0 unspecified atom stereocenters. The molecule has 0 aromatic carbocycles. The molecule has 0 atom stereocenters. The molecule has 0 aromatic rings. The highest BCUT2D eigenvalue weighted by molar-refractivity contribution is 6.18. The third kappa shape index (κ3) is 7.73. The average Bonchev–Trinajstić information content (AvgIpc) is 1.97. The van der Waals surface area contributed by atoms with Gasteiger partial charge in [-0.15, -0.1) is 11.6 Å². The summed E-state index contributed by atoms with van der Waals surface area (Å²) in [5.74, 6) is 0.562. The van der Waals surface area contributed by atoms with Gasteiger partial charge in [0.25, 0.3) is 0 Å². The summed E-state index contributed by atoms with van der Waals surface area (Å²) in [7, 11) is 0. The van der Waals surface area contributed by atoms with Gasteiger partial charge < -0.3 is 4.74 Å². The Morgan fingerprint density at radius 2 is 1.90 bits per heavy atom. The molecule has 0 saturated heterocycles. The van der Waals surface area contributed by atoms with Crippen molar-refractivity contribution in [3.63, 3.8) is 0 Å². The lowest BCUT2D eigenvalue weighted by atomic mass is 10.5. The van der Waals surface area contributed by atoms with Gasteiger partial charge in [-0.2, -0.15) is 0 Å². The third-order valence-corrected chi connectivity index (χ3v) is 1.10. The van der Waals surface area contributed by atoms with Gasteiger partial charge in [-0.05, 0) is 6.92 Å². The Hall–Kier alpha value is -0.270. The molecule has 0 saturated carbocycles. The number of halogens is 1. The molecule has 0 radical (unpaired) electrons. The first-order chi connectivity index (χ1) is 4.91. The molecule has 2 heteroatoms. The smallest absolute Gasteiger partial charge is 0.0652 e. The lowest BCUT2D eigenvalue weighted by Crippen LogP contribution is -1.89. The van der Waals surface area contributed by atoms with Crippen LogP contribution in [-0.4, -0.2) is 19.1 Å². The van der Waals surface area contributed by atoms with Crippen LogP contribution in [0.15, 0.2) is 24.3 Å². The minimum absolute atomic E-state index is 0.562. The highest BCUT2D eigenvalue weighted by atomic mass is 35.5. The summed E-state index contributed by atoms with van der Waals surface area (Å²) in [5, 5.41) is 0. The standard InChI is InChI=1S/C8H13ClO/c1-2-3-7-10-8-5-4-6-9/h2-5H,6-8H2,1H3. The summed E-state index contributed by atoms with van der Waals surface area (Å²) in [5.41, 5.74) is 0. The molecule has 0 N–H and O–H groups in total. The van der Waals surface area contributed by atoms with E-state index >= 15 is 0 Å². The Morgan fingerprint density at radius 1 is 1.20 bits per heavy atom. The van der Waals surface area contributed by atoms with Crippen LogP contribution in [0.3, 0.4) is 0 Å². The molecule has 0 bridgehead atoms. The number of rotatable bonds is 5. The molecule has 0 fully saturated rings. The predicted molar refractivity (Wildman–Crippen MR) is 45.5 cm³/mol. The van der Waals surface area contributed by atoms with E-state index in [1.54, 1.807) is 0 Å². The SMILES string of the molecule is CC=CCOCC=CCCl. The Bertz CT molecular complexity index is 108. The Labute approximate surface area is 67.3 Å². The first kappa shape index (κ1) is 9.73. The van der Waals surface area contributed by atoms with E-state index in [4.69, 9.17) is 16.3 Å². The van der Waals surface area contributed by atoms with Crippen LogP contribution in [0.2, 0.25) is 0 Å². The van der Waals surface area contributed by atoms with E-state index in [9.17, 15) is 0 Å². The second kappa shape index (κ2) is 8.73. The van der Waals surface area contributed by atoms with Crippen LogP contribution in [0, 0.1) is 0 Å². The average molecular weight is 161 g/mol. The minimum Gasteiger partial charge on any atom is -0.373 e. The summed E-state index contributed by atoms with van der Waals surface area (Å²) < 4.78 is 5.14. The van der Waals surface area contributed by atoms with Crippen LogP contribution < -0.4 is 0 Å². The Kier molecular flexibility index (Phi) is 8.49. The van der Waals surface area contributed by atoms with Crippen LogP contribution in [0.25, 0.3) is 0 Å². The molecule has 0 rings (SSSR count). The zero-order valence-corrected chi connectivity index (χ0v) is 6.97. The van der Waals surface area contributed by atoms with Gasteiger partial charge in [0.15, 0.2) is 0 Å². The molecule has 0 aromatic heterocycles. The van der Waals surface area contributed by atoms with Crippen LogP contribution in [0.1, 0.15) is 6.92 Å². The summed E-state index contributed by atoms with van der Waals surface area (Å²) in [6.07, 6.45) is 7.72. The second-order valence-electron chi connectivity index (χ2n) is 1.73. The van der Waals surface area contributed by atoms with Crippen molar-refractivity contribution in [1.82, 2.24) is 0 Å². The summed E-state index contributed by atoms with van der Waals surface area (Å²) in [6.45, 7) is 3.30. The van der Waals surface area contributed by atoms with E-state index in [1.807, 2.05) is 31.2 Å². The van der Waals surface area contributed by atoms with Gasteiger partial charge in [-0.3, -0.25) is 0 Å². The topological polar surface area (TPSA) is 9.23 Å². The maximum Gasteiger partial charge on any atom is 0.0652 e. The fourth-order valence-corrected chi connectivity index (χ4v) is 0.557. The van der Waals surface area contributed by atoms with Crippen LogP contribution in [-0.2, 0) is 4.74 Å². The lowest BCUT2D eigenvalue weighted by Gasteiger charge is -1.92. The monoisotopic (exact) mass is 160 g/mol. The van der Waals surface area contributed by atoms with E-state index in [0.717, 1.165) is 0 Å². The van der Waals surface area contributed by atoms with E-state index in [0.29, 0.717) is 19.1 Å². The zero-order chi connectivity index (χ0) is 7.66. The number of allylic oxidation sites excluding steroid dienone is 2. The molecule has 0 heterocycles. The van der Waals surface area contributed by atoms with Gasteiger partial charge in [0.05, 0.1) is 13.2 Å². The van der Waals surface area contributed by atoms with Crippen molar-refractivity contribution in [3.8, 4) is 0 Å². The Balaban J connectivity index is 2.97. The van der Waals surface area contributed by atoms with Crippen LogP contribution >= 0.6 is 11.6 Å². The van der Waals surface area contributed by atoms with Crippen molar-refractivity contribution >= 4 is 11.6 Å². The van der Waals surface area contributed by atoms with E-state index < -0.39 is 0 Å². The van der Waals surface area contributed by atoms with E-state index in [2.05, 4.69) is 0 Å². The molecule has 0 spiro atoms. The molecule has 0 aliphatic rings. The maximum absolute atomic E-state index is 5.39. The Morgan fingerprint density at radius 3 is 2.50 bits per heavy atom. The van der Waals surface area contributed by atoms with Gasteiger partial charge in [0, 0.05) is 5.88 Å². The fourth-order valence-electron chi connectivity index (χ4n) is 0.431. The quantitative estimate of drug-likeness (QED) is 0.341. The van der Waals surface area contributed by atoms with E-state index in [1.165, 1.54) is 0 Å². The number of alkyl halides is 1. The maximum atomic E-state index is 5.39. The van der Waals surface area contributed by atoms with Crippen molar-refractivity contribution in [2.75, 3.05) is 19.1 Å². The van der Waals surface area contributed by atoms with E-state index in [-0.39, 0.29) is 0 Å². The third-order valence-electron chi connectivity index (χ3n) is 0.920. The highest BCUT2D eigenvalue weighted by Gasteiger charge is 1.75. The van der Waals surface area contributed by atoms with Gasteiger partial charge in [-0.25, -0.2) is 0 Å². The molecule has 10 heavy (non-hydrogen) atoms. The van der Waals surface area contributed by atoms with Crippen molar-refractivity contribution < 1.29 is 4.74 Å². The molecular weight excluding hydrogens is 148 g/mol. The van der Waals surface area contributed by atoms with Crippen molar-refractivity contribution in [2.45, 2.75) is 6.92 Å². The van der Waals surface area contributed by atoms with Gasteiger partial charge in [-0.1, -0.05) is 24.3 Å². The van der Waals surface area contributed by atoms with Gasteiger partial charge in [0.1, 0.15) is 0 Å².